The molecule has 9 heteroatoms. The third kappa shape index (κ3) is 6.48. The van der Waals surface area contributed by atoms with Crippen LogP contribution in [0.3, 0.4) is 0 Å². The van der Waals surface area contributed by atoms with Gasteiger partial charge in [-0.05, 0) is 70.1 Å². The SMILES string of the molecule is CC(C)(C)NS(=O)(=O)c1ccc(CCC2CCN(C(=O)C(F)(F)F)CC2)cc1. The maximum atomic E-state index is 12.5. The van der Waals surface area contributed by atoms with Crippen LogP contribution in [0.15, 0.2) is 29.2 Å². The van der Waals surface area contributed by atoms with Gasteiger partial charge in [0.05, 0.1) is 4.90 Å². The van der Waals surface area contributed by atoms with Crippen LogP contribution in [0.2, 0.25) is 0 Å². The predicted octanol–water partition coefficient (Wildman–Crippen LogP) is 3.50. The summed E-state index contributed by atoms with van der Waals surface area (Å²) in [6.45, 7) is 5.56. The average Bonchev–Trinajstić information content (AvgIpc) is 2.57. The highest BCUT2D eigenvalue weighted by Gasteiger charge is 2.43. The molecule has 0 unspecified atom stereocenters. The number of amides is 1. The fourth-order valence-electron chi connectivity index (χ4n) is 3.27. The Labute approximate surface area is 164 Å². The number of rotatable bonds is 5. The van der Waals surface area contributed by atoms with Crippen LogP contribution in [0.1, 0.15) is 45.6 Å². The summed E-state index contributed by atoms with van der Waals surface area (Å²) < 4.78 is 64.6. The zero-order chi connectivity index (χ0) is 21.2. The van der Waals surface area contributed by atoms with Crippen LogP contribution in [0.25, 0.3) is 0 Å². The molecule has 28 heavy (non-hydrogen) atoms. The lowest BCUT2D eigenvalue weighted by Gasteiger charge is -2.32. The van der Waals surface area contributed by atoms with Gasteiger partial charge in [0.15, 0.2) is 0 Å². The number of hydrogen-bond acceptors (Lipinski definition) is 3. The first-order chi connectivity index (χ1) is 12.8. The summed E-state index contributed by atoms with van der Waals surface area (Å²) in [6.07, 6.45) is -2.21. The first-order valence-corrected chi connectivity index (χ1v) is 10.8. The number of likely N-dealkylation sites (tertiary alicyclic amines) is 1. The molecule has 1 saturated heterocycles. The van der Waals surface area contributed by atoms with Gasteiger partial charge in [0.25, 0.3) is 0 Å². The molecular weight excluding hydrogens is 393 g/mol. The molecule has 158 valence electrons. The molecule has 0 aliphatic carbocycles. The lowest BCUT2D eigenvalue weighted by atomic mass is 9.90. The van der Waals surface area contributed by atoms with Gasteiger partial charge in [0, 0.05) is 18.6 Å². The minimum atomic E-state index is -4.81. The summed E-state index contributed by atoms with van der Waals surface area (Å²) in [5, 5.41) is 0. The summed E-state index contributed by atoms with van der Waals surface area (Å²) in [5.74, 6) is -1.50. The summed E-state index contributed by atoms with van der Waals surface area (Å²) >= 11 is 0. The Kier molecular flexibility index (Phi) is 6.81. The van der Waals surface area contributed by atoms with E-state index in [4.69, 9.17) is 0 Å². The fourth-order valence-corrected chi connectivity index (χ4v) is 4.69. The van der Waals surface area contributed by atoms with Crippen molar-refractivity contribution in [3.63, 3.8) is 0 Å². The van der Waals surface area contributed by atoms with Crippen LogP contribution in [0, 0.1) is 5.92 Å². The van der Waals surface area contributed by atoms with Crippen LogP contribution in [-0.4, -0.2) is 44.0 Å². The third-order valence-electron chi connectivity index (χ3n) is 4.66. The monoisotopic (exact) mass is 420 g/mol. The Morgan fingerprint density at radius 1 is 1.11 bits per heavy atom. The maximum absolute atomic E-state index is 12.5. The summed E-state index contributed by atoms with van der Waals surface area (Å²) in [4.78, 5) is 12.3. The van der Waals surface area contributed by atoms with Gasteiger partial charge < -0.3 is 4.90 Å². The molecule has 1 aromatic carbocycles. The van der Waals surface area contributed by atoms with Gasteiger partial charge in [-0.1, -0.05) is 12.1 Å². The average molecular weight is 420 g/mol. The number of piperidine rings is 1. The molecule has 1 aromatic rings. The van der Waals surface area contributed by atoms with Crippen molar-refractivity contribution in [1.29, 1.82) is 0 Å². The Balaban J connectivity index is 1.86. The lowest BCUT2D eigenvalue weighted by molar-refractivity contribution is -0.186. The van der Waals surface area contributed by atoms with E-state index < -0.39 is 27.6 Å². The van der Waals surface area contributed by atoms with Crippen molar-refractivity contribution in [3.8, 4) is 0 Å². The van der Waals surface area contributed by atoms with E-state index in [2.05, 4.69) is 4.72 Å². The van der Waals surface area contributed by atoms with E-state index >= 15 is 0 Å². The fraction of sp³-hybridized carbons (Fsp3) is 0.632. The molecule has 0 radical (unpaired) electrons. The number of alkyl halides is 3. The Morgan fingerprint density at radius 3 is 2.11 bits per heavy atom. The highest BCUT2D eigenvalue weighted by atomic mass is 32.2. The maximum Gasteiger partial charge on any atom is 0.471 e. The standard InChI is InChI=1S/C19H27F3N2O3S/c1-18(2,3)23-28(26,27)16-8-6-14(7-9-16)4-5-15-10-12-24(13-11-15)17(25)19(20,21)22/h6-9,15,23H,4-5,10-13H2,1-3H3. The summed E-state index contributed by atoms with van der Waals surface area (Å²) in [5.41, 5.74) is 0.406. The van der Waals surface area contributed by atoms with Crippen molar-refractivity contribution < 1.29 is 26.4 Å². The van der Waals surface area contributed by atoms with E-state index in [-0.39, 0.29) is 23.9 Å². The predicted molar refractivity (Wildman–Crippen MR) is 100 cm³/mol. The van der Waals surface area contributed by atoms with Crippen molar-refractivity contribution in [2.75, 3.05) is 13.1 Å². The minimum Gasteiger partial charge on any atom is -0.335 e. The second-order valence-electron chi connectivity index (χ2n) is 8.27. The lowest BCUT2D eigenvalue weighted by Crippen LogP contribution is -2.45. The molecule has 5 nitrogen and oxygen atoms in total. The zero-order valence-electron chi connectivity index (χ0n) is 16.3. The Hall–Kier alpha value is -1.61. The largest absolute Gasteiger partial charge is 0.471 e. The molecule has 1 amide bonds. The molecular formula is C19H27F3N2O3S. The van der Waals surface area contributed by atoms with Gasteiger partial charge in [-0.3, -0.25) is 4.79 Å². The first kappa shape index (κ1) is 22.7. The van der Waals surface area contributed by atoms with Crippen LogP contribution in [0.5, 0.6) is 0 Å². The summed E-state index contributed by atoms with van der Waals surface area (Å²) in [6, 6.07) is 6.65. The molecule has 0 spiro atoms. The van der Waals surface area contributed by atoms with Gasteiger partial charge in [-0.2, -0.15) is 13.2 Å². The van der Waals surface area contributed by atoms with Crippen molar-refractivity contribution in [2.45, 2.75) is 63.1 Å². The summed E-state index contributed by atoms with van der Waals surface area (Å²) in [7, 11) is -3.58. The van der Waals surface area contributed by atoms with Gasteiger partial charge in [-0.15, -0.1) is 0 Å². The number of carbonyl (C=O) groups is 1. The van der Waals surface area contributed by atoms with Gasteiger partial charge in [0.1, 0.15) is 0 Å². The van der Waals surface area contributed by atoms with Gasteiger partial charge in [0.2, 0.25) is 10.0 Å². The van der Waals surface area contributed by atoms with E-state index in [0.29, 0.717) is 19.3 Å². The van der Waals surface area contributed by atoms with Crippen LogP contribution >= 0.6 is 0 Å². The van der Waals surface area contributed by atoms with Crippen LogP contribution < -0.4 is 4.72 Å². The van der Waals surface area contributed by atoms with Crippen molar-refractivity contribution >= 4 is 15.9 Å². The molecule has 0 aromatic heterocycles. The number of sulfonamides is 1. The molecule has 0 saturated carbocycles. The Morgan fingerprint density at radius 2 is 1.64 bits per heavy atom. The van der Waals surface area contributed by atoms with E-state index in [9.17, 15) is 26.4 Å². The topological polar surface area (TPSA) is 66.5 Å². The number of nitrogens with one attached hydrogen (secondary N) is 1. The molecule has 0 atom stereocenters. The number of hydrogen-bond donors (Lipinski definition) is 1. The zero-order valence-corrected chi connectivity index (χ0v) is 17.2. The van der Waals surface area contributed by atoms with Crippen molar-refractivity contribution in [3.05, 3.63) is 29.8 Å². The van der Waals surface area contributed by atoms with Crippen LogP contribution in [0.4, 0.5) is 13.2 Å². The molecule has 2 rings (SSSR count). The van der Waals surface area contributed by atoms with Crippen molar-refractivity contribution in [2.24, 2.45) is 5.92 Å². The smallest absolute Gasteiger partial charge is 0.335 e. The second kappa shape index (κ2) is 8.41. The molecule has 0 bridgehead atoms. The van der Waals surface area contributed by atoms with Gasteiger partial charge >= 0.3 is 12.1 Å². The number of aryl methyl sites for hydroxylation is 1. The van der Waals surface area contributed by atoms with Crippen LogP contribution in [-0.2, 0) is 21.2 Å². The molecule has 1 N–H and O–H groups in total. The minimum absolute atomic E-state index is 0.124. The van der Waals surface area contributed by atoms with Gasteiger partial charge in [-0.25, -0.2) is 13.1 Å². The van der Waals surface area contributed by atoms with Crippen molar-refractivity contribution in [1.82, 2.24) is 9.62 Å². The molecule has 1 aliphatic heterocycles. The normalized spacial score (nSPS) is 17.0. The molecule has 1 aliphatic rings. The third-order valence-corrected chi connectivity index (χ3v) is 6.43. The Bertz CT molecular complexity index is 776. The number of nitrogens with zero attached hydrogens (tertiary/aromatic N) is 1. The van der Waals surface area contributed by atoms with E-state index in [0.717, 1.165) is 16.9 Å². The van der Waals surface area contributed by atoms with E-state index in [1.54, 1.807) is 45.0 Å². The first-order valence-electron chi connectivity index (χ1n) is 9.27. The number of benzene rings is 1. The second-order valence-corrected chi connectivity index (χ2v) is 9.95. The molecule has 1 fully saturated rings. The number of halogens is 3. The highest BCUT2D eigenvalue weighted by molar-refractivity contribution is 7.89. The van der Waals surface area contributed by atoms with E-state index in [1.165, 1.54) is 0 Å². The quantitative estimate of drug-likeness (QED) is 0.793. The molecule has 1 heterocycles. The number of carbonyl (C=O) groups excluding carboxylic acids is 1. The van der Waals surface area contributed by atoms with E-state index in [1.807, 2.05) is 0 Å². The highest BCUT2D eigenvalue weighted by Crippen LogP contribution is 2.26.